The van der Waals surface area contributed by atoms with E-state index in [1.165, 1.54) is 6.07 Å². The van der Waals surface area contributed by atoms with Crippen molar-refractivity contribution in [3.63, 3.8) is 0 Å². The molecule has 0 atom stereocenters. The second-order valence-electron chi connectivity index (χ2n) is 4.58. The lowest BCUT2D eigenvalue weighted by Gasteiger charge is -2.08. The number of nitrogens with zero attached hydrogens (tertiary/aromatic N) is 2. The molecule has 1 aromatic heterocycles. The van der Waals surface area contributed by atoms with Gasteiger partial charge in [0.05, 0.1) is 11.9 Å². The van der Waals surface area contributed by atoms with Crippen molar-refractivity contribution >= 4 is 17.3 Å². The molecule has 0 bridgehead atoms. The van der Waals surface area contributed by atoms with Crippen molar-refractivity contribution in [3.05, 3.63) is 52.9 Å². The highest BCUT2D eigenvalue weighted by Crippen LogP contribution is 2.05. The largest absolute Gasteiger partial charge is 0.384 e. The molecular weight excluding hydrogens is 268 g/mol. The van der Waals surface area contributed by atoms with Crippen molar-refractivity contribution in [1.82, 2.24) is 9.78 Å². The molecule has 2 N–H and O–H groups in total. The summed E-state index contributed by atoms with van der Waals surface area (Å²) in [6.07, 6.45) is 2.51. The third-order valence-corrected chi connectivity index (χ3v) is 2.80. The topological polar surface area (TPSA) is 76.0 Å². The van der Waals surface area contributed by atoms with Crippen molar-refractivity contribution in [3.8, 4) is 0 Å². The minimum atomic E-state index is -0.306. The van der Waals surface area contributed by atoms with Gasteiger partial charge in [0.25, 0.3) is 5.56 Å². The fourth-order valence-corrected chi connectivity index (χ4v) is 1.78. The maximum Gasteiger partial charge on any atom is 0.269 e. The van der Waals surface area contributed by atoms with Gasteiger partial charge in [0.2, 0.25) is 5.91 Å². The Labute approximate surface area is 122 Å². The molecule has 2 aromatic rings. The number of carbonyl (C=O) groups is 1. The fourth-order valence-electron chi connectivity index (χ4n) is 1.78. The summed E-state index contributed by atoms with van der Waals surface area (Å²) < 4.78 is 1.13. The summed E-state index contributed by atoms with van der Waals surface area (Å²) in [5, 5.41) is 9.78. The highest BCUT2D eigenvalue weighted by Gasteiger charge is 2.06. The summed E-state index contributed by atoms with van der Waals surface area (Å²) >= 11 is 0. The average molecular weight is 286 g/mol. The molecule has 1 amide bonds. The molecule has 0 aliphatic rings. The molecule has 0 aliphatic heterocycles. The summed E-state index contributed by atoms with van der Waals surface area (Å²) in [4.78, 5) is 23.7. The number of para-hydroxylation sites is 1. The van der Waals surface area contributed by atoms with Gasteiger partial charge in [-0.25, -0.2) is 4.68 Å². The Morgan fingerprint density at radius 3 is 2.67 bits per heavy atom. The van der Waals surface area contributed by atoms with Crippen molar-refractivity contribution in [2.24, 2.45) is 0 Å². The number of anilines is 2. The van der Waals surface area contributed by atoms with E-state index in [2.05, 4.69) is 15.7 Å². The molecule has 0 saturated heterocycles. The van der Waals surface area contributed by atoms with E-state index in [4.69, 9.17) is 0 Å². The Morgan fingerprint density at radius 2 is 2.00 bits per heavy atom. The maximum absolute atomic E-state index is 11.9. The van der Waals surface area contributed by atoms with Gasteiger partial charge in [0, 0.05) is 18.3 Å². The normalized spacial score (nSPS) is 10.1. The molecule has 0 saturated carbocycles. The van der Waals surface area contributed by atoms with Crippen LogP contribution in [0.1, 0.15) is 13.3 Å². The molecule has 0 unspecified atom stereocenters. The van der Waals surface area contributed by atoms with Crippen molar-refractivity contribution in [2.45, 2.75) is 19.9 Å². The van der Waals surface area contributed by atoms with Gasteiger partial charge in [0.15, 0.2) is 0 Å². The summed E-state index contributed by atoms with van der Waals surface area (Å²) in [5.41, 5.74) is 1.05. The van der Waals surface area contributed by atoms with Gasteiger partial charge >= 0.3 is 0 Å². The predicted molar refractivity (Wildman–Crippen MR) is 82.3 cm³/mol. The van der Waals surface area contributed by atoms with Gasteiger partial charge in [0.1, 0.15) is 6.54 Å². The Bertz CT molecular complexity index is 652. The second kappa shape index (κ2) is 7.23. The molecule has 6 heteroatoms. The van der Waals surface area contributed by atoms with Crippen LogP contribution >= 0.6 is 0 Å². The van der Waals surface area contributed by atoms with E-state index in [1.807, 2.05) is 25.1 Å². The van der Waals surface area contributed by atoms with E-state index in [0.717, 1.165) is 17.6 Å². The fraction of sp³-hybridized carbons (Fsp3) is 0.267. The van der Waals surface area contributed by atoms with Gasteiger partial charge < -0.3 is 10.6 Å². The molecule has 0 spiro atoms. The molecule has 110 valence electrons. The van der Waals surface area contributed by atoms with Crippen LogP contribution in [-0.4, -0.2) is 22.2 Å². The van der Waals surface area contributed by atoms with E-state index in [9.17, 15) is 9.59 Å². The molecular formula is C15H18N4O2. The SMILES string of the molecule is CCCNc1cnn(CC(=O)Nc2ccccc2)c(=O)c1. The number of hydrogen-bond donors (Lipinski definition) is 2. The first kappa shape index (κ1) is 14.8. The average Bonchev–Trinajstić information content (AvgIpc) is 2.48. The number of aromatic nitrogens is 2. The standard InChI is InChI=1S/C15H18N4O2/c1-2-8-16-13-9-15(21)19(17-10-13)11-14(20)18-12-6-4-3-5-7-12/h3-7,9-10,16H,2,8,11H2,1H3,(H,18,20). The molecule has 6 nitrogen and oxygen atoms in total. The van der Waals surface area contributed by atoms with Crippen LogP contribution in [0.15, 0.2) is 47.4 Å². The first-order valence-electron chi connectivity index (χ1n) is 6.85. The number of nitrogens with one attached hydrogen (secondary N) is 2. The lowest BCUT2D eigenvalue weighted by molar-refractivity contribution is -0.117. The maximum atomic E-state index is 11.9. The van der Waals surface area contributed by atoms with Crippen LogP contribution in [0.2, 0.25) is 0 Å². The molecule has 1 heterocycles. The van der Waals surface area contributed by atoms with Crippen LogP contribution in [0.3, 0.4) is 0 Å². The van der Waals surface area contributed by atoms with E-state index in [-0.39, 0.29) is 18.0 Å². The molecule has 2 rings (SSSR count). The summed E-state index contributed by atoms with van der Waals surface area (Å²) in [7, 11) is 0. The lowest BCUT2D eigenvalue weighted by Crippen LogP contribution is -2.29. The number of carbonyl (C=O) groups excluding carboxylic acids is 1. The van der Waals surface area contributed by atoms with Crippen LogP contribution in [0.4, 0.5) is 11.4 Å². The lowest BCUT2D eigenvalue weighted by atomic mass is 10.3. The van der Waals surface area contributed by atoms with Crippen LogP contribution in [0.5, 0.6) is 0 Å². The van der Waals surface area contributed by atoms with Gasteiger partial charge in [-0.15, -0.1) is 0 Å². The Kier molecular flexibility index (Phi) is 5.09. The van der Waals surface area contributed by atoms with Gasteiger partial charge in [-0.05, 0) is 18.6 Å². The monoisotopic (exact) mass is 286 g/mol. The number of hydrogen-bond acceptors (Lipinski definition) is 4. The Hall–Kier alpha value is -2.63. The van der Waals surface area contributed by atoms with Crippen LogP contribution < -0.4 is 16.2 Å². The van der Waals surface area contributed by atoms with Crippen molar-refractivity contribution in [2.75, 3.05) is 17.2 Å². The van der Waals surface area contributed by atoms with Gasteiger partial charge in [-0.1, -0.05) is 25.1 Å². The smallest absolute Gasteiger partial charge is 0.269 e. The number of benzene rings is 1. The highest BCUT2D eigenvalue weighted by atomic mass is 16.2. The van der Waals surface area contributed by atoms with E-state index >= 15 is 0 Å². The van der Waals surface area contributed by atoms with Crippen LogP contribution in [0, 0.1) is 0 Å². The zero-order chi connectivity index (χ0) is 15.1. The highest BCUT2D eigenvalue weighted by molar-refractivity contribution is 5.90. The summed E-state index contributed by atoms with van der Waals surface area (Å²) in [6.45, 7) is 2.71. The third kappa shape index (κ3) is 4.45. The first-order valence-corrected chi connectivity index (χ1v) is 6.85. The molecule has 0 radical (unpaired) electrons. The summed E-state index contributed by atoms with van der Waals surface area (Å²) in [6, 6.07) is 10.5. The van der Waals surface area contributed by atoms with Crippen molar-refractivity contribution < 1.29 is 4.79 Å². The number of amides is 1. The minimum Gasteiger partial charge on any atom is -0.384 e. The zero-order valence-electron chi connectivity index (χ0n) is 11.9. The van der Waals surface area contributed by atoms with E-state index < -0.39 is 0 Å². The Balaban J connectivity index is 1.99. The van der Waals surface area contributed by atoms with Gasteiger partial charge in [-0.3, -0.25) is 9.59 Å². The Morgan fingerprint density at radius 1 is 1.24 bits per heavy atom. The zero-order valence-corrected chi connectivity index (χ0v) is 11.9. The molecule has 1 aromatic carbocycles. The third-order valence-electron chi connectivity index (χ3n) is 2.80. The predicted octanol–water partition coefficient (Wildman–Crippen LogP) is 1.70. The quantitative estimate of drug-likeness (QED) is 0.847. The van der Waals surface area contributed by atoms with Crippen molar-refractivity contribution in [1.29, 1.82) is 0 Å². The van der Waals surface area contributed by atoms with Crippen LogP contribution in [0.25, 0.3) is 0 Å². The molecule has 21 heavy (non-hydrogen) atoms. The van der Waals surface area contributed by atoms with Gasteiger partial charge in [-0.2, -0.15) is 5.10 Å². The molecule has 0 aliphatic carbocycles. The second-order valence-corrected chi connectivity index (χ2v) is 4.58. The van der Waals surface area contributed by atoms with E-state index in [1.54, 1.807) is 18.3 Å². The number of rotatable bonds is 6. The minimum absolute atomic E-state index is 0.109. The molecule has 0 fully saturated rings. The van der Waals surface area contributed by atoms with Crippen LogP contribution in [-0.2, 0) is 11.3 Å². The first-order chi connectivity index (χ1) is 10.2. The summed E-state index contributed by atoms with van der Waals surface area (Å²) in [5.74, 6) is -0.287. The van der Waals surface area contributed by atoms with E-state index in [0.29, 0.717) is 11.4 Å².